The number of benzene rings is 1. The number of para-hydroxylation sites is 1. The van der Waals surface area contributed by atoms with Crippen molar-refractivity contribution in [2.45, 2.75) is 6.92 Å². The van der Waals surface area contributed by atoms with Crippen molar-refractivity contribution in [3.63, 3.8) is 0 Å². The van der Waals surface area contributed by atoms with Gasteiger partial charge in [0.25, 0.3) is 5.91 Å². The number of hydrogen-bond acceptors (Lipinski definition) is 3. The Labute approximate surface area is 121 Å². The maximum atomic E-state index is 13.6. The van der Waals surface area contributed by atoms with Crippen molar-refractivity contribution < 1.29 is 14.0 Å². The molecule has 0 aliphatic rings. The summed E-state index contributed by atoms with van der Waals surface area (Å²) in [4.78, 5) is 23.1. The Bertz CT molecular complexity index is 654. The van der Waals surface area contributed by atoms with Crippen LogP contribution in [0.4, 0.5) is 4.39 Å². The molecular weight excluding hydrogens is 275 g/mol. The molecule has 6 nitrogen and oxygen atoms in total. The van der Waals surface area contributed by atoms with E-state index in [1.807, 2.05) is 0 Å². The van der Waals surface area contributed by atoms with Gasteiger partial charge in [-0.25, -0.2) is 9.07 Å². The van der Waals surface area contributed by atoms with Crippen LogP contribution in [0.15, 0.2) is 36.5 Å². The van der Waals surface area contributed by atoms with Gasteiger partial charge in [0.2, 0.25) is 5.91 Å². The van der Waals surface area contributed by atoms with E-state index in [2.05, 4.69) is 15.7 Å². The van der Waals surface area contributed by atoms with E-state index in [0.29, 0.717) is 6.54 Å². The van der Waals surface area contributed by atoms with Crippen LogP contribution < -0.4 is 10.6 Å². The van der Waals surface area contributed by atoms with Crippen LogP contribution in [0.25, 0.3) is 5.69 Å². The van der Waals surface area contributed by atoms with Crippen LogP contribution in [0.2, 0.25) is 0 Å². The summed E-state index contributed by atoms with van der Waals surface area (Å²) in [6, 6.07) is 7.57. The second-order valence-corrected chi connectivity index (χ2v) is 4.23. The topological polar surface area (TPSA) is 76.0 Å². The summed E-state index contributed by atoms with van der Waals surface area (Å²) in [6.45, 7) is 2.16. The van der Waals surface area contributed by atoms with Crippen LogP contribution in [0, 0.1) is 5.82 Å². The molecule has 7 heteroatoms. The molecule has 1 aromatic heterocycles. The van der Waals surface area contributed by atoms with E-state index in [0.717, 1.165) is 0 Å². The fourth-order valence-electron chi connectivity index (χ4n) is 1.73. The summed E-state index contributed by atoms with van der Waals surface area (Å²) < 4.78 is 14.9. The average Bonchev–Trinajstić information content (AvgIpc) is 2.95. The summed E-state index contributed by atoms with van der Waals surface area (Å²) in [5.41, 5.74) is 0.364. The molecule has 0 aliphatic carbocycles. The van der Waals surface area contributed by atoms with Crippen molar-refractivity contribution in [3.8, 4) is 5.69 Å². The van der Waals surface area contributed by atoms with Crippen molar-refractivity contribution in [2.24, 2.45) is 0 Å². The monoisotopic (exact) mass is 290 g/mol. The van der Waals surface area contributed by atoms with Crippen LogP contribution in [-0.4, -0.2) is 34.7 Å². The first-order valence-corrected chi connectivity index (χ1v) is 6.47. The van der Waals surface area contributed by atoms with Gasteiger partial charge in [-0.1, -0.05) is 12.1 Å². The van der Waals surface area contributed by atoms with Gasteiger partial charge in [0.1, 0.15) is 11.5 Å². The van der Waals surface area contributed by atoms with Crippen molar-refractivity contribution in [1.29, 1.82) is 0 Å². The van der Waals surface area contributed by atoms with Crippen molar-refractivity contribution in [3.05, 3.63) is 48.0 Å². The predicted molar refractivity (Wildman–Crippen MR) is 74.5 cm³/mol. The largest absolute Gasteiger partial charge is 0.355 e. The minimum absolute atomic E-state index is 0.113. The number of aromatic nitrogens is 2. The van der Waals surface area contributed by atoms with Gasteiger partial charge in [0.05, 0.1) is 6.54 Å². The number of amides is 2. The molecule has 0 saturated carbocycles. The molecule has 0 bridgehead atoms. The molecule has 2 amide bonds. The van der Waals surface area contributed by atoms with Gasteiger partial charge in [-0.3, -0.25) is 9.59 Å². The molecule has 2 aromatic rings. The maximum absolute atomic E-state index is 13.6. The molecule has 1 aromatic carbocycles. The average molecular weight is 290 g/mol. The molecule has 110 valence electrons. The van der Waals surface area contributed by atoms with Gasteiger partial charge in [0.15, 0.2) is 5.69 Å². The first-order valence-electron chi connectivity index (χ1n) is 6.47. The van der Waals surface area contributed by atoms with Crippen LogP contribution >= 0.6 is 0 Å². The van der Waals surface area contributed by atoms with Crippen LogP contribution in [0.5, 0.6) is 0 Å². The summed E-state index contributed by atoms with van der Waals surface area (Å²) >= 11 is 0. The van der Waals surface area contributed by atoms with E-state index < -0.39 is 11.7 Å². The molecule has 0 fully saturated rings. The number of halogens is 1. The fourth-order valence-corrected chi connectivity index (χ4v) is 1.73. The molecule has 0 aliphatic heterocycles. The molecule has 21 heavy (non-hydrogen) atoms. The molecule has 0 saturated heterocycles. The molecule has 2 rings (SSSR count). The van der Waals surface area contributed by atoms with E-state index in [1.165, 1.54) is 23.0 Å². The quantitative estimate of drug-likeness (QED) is 0.858. The highest BCUT2D eigenvalue weighted by atomic mass is 19.1. The van der Waals surface area contributed by atoms with Gasteiger partial charge >= 0.3 is 0 Å². The number of carbonyl (C=O) groups is 2. The lowest BCUT2D eigenvalue weighted by molar-refractivity contribution is -0.120. The number of carbonyl (C=O) groups excluding carboxylic acids is 2. The summed E-state index contributed by atoms with van der Waals surface area (Å²) in [5, 5.41) is 9.00. The van der Waals surface area contributed by atoms with Crippen molar-refractivity contribution in [2.75, 3.05) is 13.1 Å². The Balaban J connectivity index is 2.05. The standard InChI is InChI=1S/C14H15FN4O2/c1-2-16-13(20)9-17-14(21)11-7-8-19(18-11)12-6-4-3-5-10(12)15/h3-8H,2,9H2,1H3,(H,16,20)(H,17,21). The summed E-state index contributed by atoms with van der Waals surface area (Å²) in [7, 11) is 0. The lowest BCUT2D eigenvalue weighted by Gasteiger charge is -2.04. The fraction of sp³-hybridized carbons (Fsp3) is 0.214. The van der Waals surface area contributed by atoms with Gasteiger partial charge in [-0.05, 0) is 25.1 Å². The highest BCUT2D eigenvalue weighted by molar-refractivity contribution is 5.94. The third kappa shape index (κ3) is 3.65. The Morgan fingerprint density at radius 2 is 2.00 bits per heavy atom. The molecule has 0 spiro atoms. The van der Waals surface area contributed by atoms with Gasteiger partial charge in [-0.15, -0.1) is 0 Å². The Hall–Kier alpha value is -2.70. The second kappa shape index (κ2) is 6.65. The predicted octanol–water partition coefficient (Wildman–Crippen LogP) is 0.877. The SMILES string of the molecule is CCNC(=O)CNC(=O)c1ccn(-c2ccccc2F)n1. The maximum Gasteiger partial charge on any atom is 0.272 e. The number of hydrogen-bond donors (Lipinski definition) is 2. The minimum Gasteiger partial charge on any atom is -0.355 e. The van der Waals surface area contributed by atoms with E-state index in [4.69, 9.17) is 0 Å². The molecule has 1 heterocycles. The molecule has 0 radical (unpaired) electrons. The normalized spacial score (nSPS) is 10.2. The zero-order valence-corrected chi connectivity index (χ0v) is 11.5. The number of likely N-dealkylation sites (N-methyl/N-ethyl adjacent to an activating group) is 1. The highest BCUT2D eigenvalue weighted by Crippen LogP contribution is 2.11. The first-order chi connectivity index (χ1) is 10.1. The first kappa shape index (κ1) is 14.7. The lowest BCUT2D eigenvalue weighted by atomic mass is 10.3. The van der Waals surface area contributed by atoms with E-state index in [1.54, 1.807) is 25.1 Å². The molecule has 0 unspecified atom stereocenters. The number of rotatable bonds is 5. The van der Waals surface area contributed by atoms with Crippen LogP contribution in [0.1, 0.15) is 17.4 Å². The zero-order valence-electron chi connectivity index (χ0n) is 11.5. The lowest BCUT2D eigenvalue weighted by Crippen LogP contribution is -2.36. The zero-order chi connectivity index (χ0) is 15.2. The van der Waals surface area contributed by atoms with E-state index in [9.17, 15) is 14.0 Å². The van der Waals surface area contributed by atoms with E-state index >= 15 is 0 Å². The second-order valence-electron chi connectivity index (χ2n) is 4.23. The Morgan fingerprint density at radius 3 is 2.71 bits per heavy atom. The Morgan fingerprint density at radius 1 is 1.24 bits per heavy atom. The smallest absolute Gasteiger partial charge is 0.272 e. The molecule has 0 atom stereocenters. The van der Waals surface area contributed by atoms with Gasteiger partial charge in [-0.2, -0.15) is 5.10 Å². The van der Waals surface area contributed by atoms with E-state index in [-0.39, 0.29) is 23.8 Å². The molecule has 2 N–H and O–H groups in total. The van der Waals surface area contributed by atoms with Crippen molar-refractivity contribution >= 4 is 11.8 Å². The van der Waals surface area contributed by atoms with Gasteiger partial charge < -0.3 is 10.6 Å². The number of nitrogens with zero attached hydrogens (tertiary/aromatic N) is 2. The summed E-state index contributed by atoms with van der Waals surface area (Å²) in [5.74, 6) is -1.20. The minimum atomic E-state index is -0.489. The van der Waals surface area contributed by atoms with Crippen molar-refractivity contribution in [1.82, 2.24) is 20.4 Å². The third-order valence-electron chi connectivity index (χ3n) is 2.70. The number of nitrogens with one attached hydrogen (secondary N) is 2. The third-order valence-corrected chi connectivity index (χ3v) is 2.70. The molecular formula is C14H15FN4O2. The Kier molecular flexibility index (Phi) is 4.65. The summed E-state index contributed by atoms with van der Waals surface area (Å²) in [6.07, 6.45) is 1.49. The van der Waals surface area contributed by atoms with Crippen LogP contribution in [0.3, 0.4) is 0 Å². The van der Waals surface area contributed by atoms with Crippen LogP contribution in [-0.2, 0) is 4.79 Å². The van der Waals surface area contributed by atoms with Gasteiger partial charge in [0, 0.05) is 12.7 Å². The highest BCUT2D eigenvalue weighted by Gasteiger charge is 2.12.